The van der Waals surface area contributed by atoms with Crippen LogP contribution in [0, 0.1) is 6.92 Å². The van der Waals surface area contributed by atoms with Crippen molar-refractivity contribution in [3.63, 3.8) is 0 Å². The first-order valence-electron chi connectivity index (χ1n) is 6.70. The molecule has 0 saturated carbocycles. The molecule has 0 unspecified atom stereocenters. The van der Waals surface area contributed by atoms with Crippen molar-refractivity contribution >= 4 is 5.82 Å². The van der Waals surface area contributed by atoms with Crippen molar-refractivity contribution in [2.75, 3.05) is 18.5 Å². The fraction of sp³-hybridized carbons (Fsp3) is 0.333. The Morgan fingerprint density at radius 1 is 1.05 bits per heavy atom. The maximum Gasteiger partial charge on any atom is 0.227 e. The minimum Gasteiger partial charge on any atom is -0.494 e. The van der Waals surface area contributed by atoms with E-state index in [1.165, 1.54) is 6.33 Å². The van der Waals surface area contributed by atoms with E-state index >= 15 is 0 Å². The molecule has 0 atom stereocenters. The molecule has 1 N–H and O–H groups in total. The molecule has 0 fully saturated rings. The Labute approximate surface area is 119 Å². The molecule has 0 aliphatic carbocycles. The van der Waals surface area contributed by atoms with E-state index < -0.39 is 0 Å². The molecule has 0 amide bonds. The molecule has 20 heavy (non-hydrogen) atoms. The van der Waals surface area contributed by atoms with Gasteiger partial charge in [0.15, 0.2) is 0 Å². The normalized spacial score (nSPS) is 10.2. The summed E-state index contributed by atoms with van der Waals surface area (Å²) in [5.74, 6) is 2.90. The van der Waals surface area contributed by atoms with Gasteiger partial charge in [-0.15, -0.1) is 0 Å². The highest BCUT2D eigenvalue weighted by Crippen LogP contribution is 2.27. The summed E-state index contributed by atoms with van der Waals surface area (Å²) < 4.78 is 11.2. The van der Waals surface area contributed by atoms with Crippen LogP contribution in [-0.4, -0.2) is 23.1 Å². The van der Waals surface area contributed by atoms with E-state index in [0.29, 0.717) is 12.5 Å². The Bertz CT molecular complexity index is 556. The number of ether oxygens (including phenoxy) is 2. The van der Waals surface area contributed by atoms with Gasteiger partial charge in [0.05, 0.1) is 12.2 Å². The van der Waals surface area contributed by atoms with Crippen molar-refractivity contribution in [1.29, 1.82) is 0 Å². The molecule has 5 heteroatoms. The fourth-order valence-corrected chi connectivity index (χ4v) is 1.76. The predicted molar refractivity (Wildman–Crippen MR) is 78.6 cm³/mol. The summed E-state index contributed by atoms with van der Waals surface area (Å²) in [5, 5.41) is 3.18. The molecule has 0 spiro atoms. The molecular weight excluding hydrogens is 254 g/mol. The molecule has 2 aromatic rings. The second kappa shape index (κ2) is 6.75. The summed E-state index contributed by atoms with van der Waals surface area (Å²) >= 11 is 0. The second-order valence-electron chi connectivity index (χ2n) is 4.19. The quantitative estimate of drug-likeness (QED) is 0.874. The zero-order valence-corrected chi connectivity index (χ0v) is 12.0. The van der Waals surface area contributed by atoms with Gasteiger partial charge in [-0.1, -0.05) is 0 Å². The van der Waals surface area contributed by atoms with E-state index in [2.05, 4.69) is 15.3 Å². The number of nitrogens with one attached hydrogen (secondary N) is 1. The molecule has 106 valence electrons. The van der Waals surface area contributed by atoms with Gasteiger partial charge in [-0.2, -0.15) is 0 Å². The van der Waals surface area contributed by atoms with Crippen LogP contribution in [0.2, 0.25) is 0 Å². The zero-order chi connectivity index (χ0) is 14.4. The van der Waals surface area contributed by atoms with Crippen LogP contribution in [0.5, 0.6) is 17.4 Å². The molecule has 0 radical (unpaired) electrons. The molecule has 5 nitrogen and oxygen atoms in total. The third-order valence-corrected chi connectivity index (χ3v) is 2.73. The van der Waals surface area contributed by atoms with Crippen molar-refractivity contribution in [2.24, 2.45) is 0 Å². The molecule has 1 heterocycles. The van der Waals surface area contributed by atoms with Crippen LogP contribution < -0.4 is 14.8 Å². The minimum absolute atomic E-state index is 0.556. The number of rotatable bonds is 6. The van der Waals surface area contributed by atoms with Crippen LogP contribution in [0.3, 0.4) is 0 Å². The van der Waals surface area contributed by atoms with Crippen molar-refractivity contribution in [3.8, 4) is 17.4 Å². The smallest absolute Gasteiger partial charge is 0.227 e. The first-order chi connectivity index (χ1) is 9.74. The summed E-state index contributed by atoms with van der Waals surface area (Å²) in [7, 11) is 0. The van der Waals surface area contributed by atoms with Gasteiger partial charge in [0.25, 0.3) is 0 Å². The van der Waals surface area contributed by atoms with Crippen molar-refractivity contribution in [3.05, 3.63) is 36.2 Å². The topological polar surface area (TPSA) is 56.3 Å². The van der Waals surface area contributed by atoms with Crippen molar-refractivity contribution in [2.45, 2.75) is 20.8 Å². The largest absolute Gasteiger partial charge is 0.494 e. The van der Waals surface area contributed by atoms with Crippen LogP contribution in [0.4, 0.5) is 5.82 Å². The van der Waals surface area contributed by atoms with Gasteiger partial charge in [0, 0.05) is 6.54 Å². The SMILES string of the molecule is CCNc1ncnc(Oc2ccc(OCC)cc2)c1C. The number of nitrogens with zero attached hydrogens (tertiary/aromatic N) is 2. The lowest BCUT2D eigenvalue weighted by molar-refractivity contribution is 0.339. The molecular formula is C15H19N3O2. The Kier molecular flexibility index (Phi) is 4.76. The first kappa shape index (κ1) is 14.1. The van der Waals surface area contributed by atoms with Crippen LogP contribution in [0.15, 0.2) is 30.6 Å². The fourth-order valence-electron chi connectivity index (χ4n) is 1.76. The van der Waals surface area contributed by atoms with Gasteiger partial charge >= 0.3 is 0 Å². The second-order valence-corrected chi connectivity index (χ2v) is 4.19. The molecule has 0 aliphatic heterocycles. The van der Waals surface area contributed by atoms with Crippen LogP contribution in [0.25, 0.3) is 0 Å². The number of benzene rings is 1. The van der Waals surface area contributed by atoms with Gasteiger partial charge < -0.3 is 14.8 Å². The van der Waals surface area contributed by atoms with Crippen molar-refractivity contribution in [1.82, 2.24) is 9.97 Å². The van der Waals surface area contributed by atoms with E-state index in [1.807, 2.05) is 45.0 Å². The lowest BCUT2D eigenvalue weighted by Gasteiger charge is -2.11. The lowest BCUT2D eigenvalue weighted by Crippen LogP contribution is -2.03. The van der Waals surface area contributed by atoms with Gasteiger partial charge in [-0.25, -0.2) is 9.97 Å². The number of hydrogen-bond acceptors (Lipinski definition) is 5. The van der Waals surface area contributed by atoms with Crippen LogP contribution >= 0.6 is 0 Å². The molecule has 0 saturated heterocycles. The summed E-state index contributed by atoms with van der Waals surface area (Å²) in [5.41, 5.74) is 0.892. The lowest BCUT2D eigenvalue weighted by atomic mass is 10.3. The number of hydrogen-bond donors (Lipinski definition) is 1. The standard InChI is InChI=1S/C15H19N3O2/c1-4-16-14-11(3)15(18-10-17-14)20-13-8-6-12(7-9-13)19-5-2/h6-10H,4-5H2,1-3H3,(H,16,17,18). The van der Waals surface area contributed by atoms with Gasteiger partial charge in [-0.05, 0) is 45.0 Å². The van der Waals surface area contributed by atoms with Gasteiger partial charge in [0.2, 0.25) is 5.88 Å². The molecule has 1 aromatic heterocycles. The third-order valence-electron chi connectivity index (χ3n) is 2.73. The maximum atomic E-state index is 5.78. The number of anilines is 1. The zero-order valence-electron chi connectivity index (χ0n) is 12.0. The average molecular weight is 273 g/mol. The number of aromatic nitrogens is 2. The molecule has 0 bridgehead atoms. The summed E-state index contributed by atoms with van der Waals surface area (Å²) in [6.45, 7) is 7.37. The van der Waals surface area contributed by atoms with Crippen LogP contribution in [-0.2, 0) is 0 Å². The predicted octanol–water partition coefficient (Wildman–Crippen LogP) is 3.41. The minimum atomic E-state index is 0.556. The Balaban J connectivity index is 2.15. The van der Waals surface area contributed by atoms with Gasteiger partial charge in [0.1, 0.15) is 23.6 Å². The highest BCUT2D eigenvalue weighted by molar-refractivity contribution is 5.48. The van der Waals surface area contributed by atoms with E-state index in [-0.39, 0.29) is 0 Å². The Morgan fingerprint density at radius 2 is 1.75 bits per heavy atom. The van der Waals surface area contributed by atoms with E-state index in [9.17, 15) is 0 Å². The average Bonchev–Trinajstić information content (AvgIpc) is 2.46. The molecule has 0 aliphatic rings. The summed E-state index contributed by atoms with van der Waals surface area (Å²) in [6.07, 6.45) is 1.49. The van der Waals surface area contributed by atoms with Crippen LogP contribution in [0.1, 0.15) is 19.4 Å². The highest BCUT2D eigenvalue weighted by Gasteiger charge is 2.08. The Hall–Kier alpha value is -2.30. The highest BCUT2D eigenvalue weighted by atomic mass is 16.5. The third kappa shape index (κ3) is 3.38. The van der Waals surface area contributed by atoms with E-state index in [0.717, 1.165) is 29.4 Å². The Morgan fingerprint density at radius 3 is 2.40 bits per heavy atom. The van der Waals surface area contributed by atoms with E-state index in [1.54, 1.807) is 0 Å². The summed E-state index contributed by atoms with van der Waals surface area (Å²) in [4.78, 5) is 8.36. The maximum absolute atomic E-state index is 5.78. The van der Waals surface area contributed by atoms with E-state index in [4.69, 9.17) is 9.47 Å². The van der Waals surface area contributed by atoms with Gasteiger partial charge in [-0.3, -0.25) is 0 Å². The molecule has 2 rings (SSSR count). The molecule has 1 aromatic carbocycles. The van der Waals surface area contributed by atoms with Crippen molar-refractivity contribution < 1.29 is 9.47 Å². The monoisotopic (exact) mass is 273 g/mol. The first-order valence-corrected chi connectivity index (χ1v) is 6.70. The summed E-state index contributed by atoms with van der Waals surface area (Å²) in [6, 6.07) is 7.47.